The standard InChI is InChI=1S/C12H19BrN2S/c13-12-4-3-11(16-12)9-15-7-5-10-2-1-6-14-8-10/h3-4,10,14-15H,1-2,5-9H2. The molecule has 0 spiro atoms. The molecule has 1 aromatic rings. The predicted molar refractivity (Wildman–Crippen MR) is 73.9 cm³/mol. The van der Waals surface area contributed by atoms with Gasteiger partial charge in [-0.05, 0) is 72.9 Å². The van der Waals surface area contributed by atoms with Gasteiger partial charge in [0.05, 0.1) is 3.79 Å². The van der Waals surface area contributed by atoms with E-state index in [1.165, 1.54) is 41.0 Å². The van der Waals surface area contributed by atoms with Crippen molar-refractivity contribution in [3.8, 4) is 0 Å². The van der Waals surface area contributed by atoms with Gasteiger partial charge in [-0.3, -0.25) is 0 Å². The Morgan fingerprint density at radius 1 is 1.50 bits per heavy atom. The molecule has 1 aliphatic heterocycles. The summed E-state index contributed by atoms with van der Waals surface area (Å²) in [6.07, 6.45) is 4.06. The summed E-state index contributed by atoms with van der Waals surface area (Å²) in [6, 6.07) is 4.30. The fourth-order valence-electron chi connectivity index (χ4n) is 2.13. The molecule has 0 saturated carbocycles. The van der Waals surface area contributed by atoms with Crippen LogP contribution in [0.25, 0.3) is 0 Å². The fraction of sp³-hybridized carbons (Fsp3) is 0.667. The lowest BCUT2D eigenvalue weighted by Gasteiger charge is -2.22. The highest BCUT2D eigenvalue weighted by Crippen LogP contribution is 2.21. The molecule has 1 atom stereocenters. The summed E-state index contributed by atoms with van der Waals surface area (Å²) in [5.41, 5.74) is 0. The van der Waals surface area contributed by atoms with Gasteiger partial charge in [-0.1, -0.05) is 0 Å². The molecule has 0 aromatic carbocycles. The molecular formula is C12H19BrN2S. The molecule has 16 heavy (non-hydrogen) atoms. The molecule has 4 heteroatoms. The van der Waals surface area contributed by atoms with Gasteiger partial charge in [0.2, 0.25) is 0 Å². The van der Waals surface area contributed by atoms with Gasteiger partial charge in [-0.25, -0.2) is 0 Å². The van der Waals surface area contributed by atoms with Gasteiger partial charge in [0.1, 0.15) is 0 Å². The van der Waals surface area contributed by atoms with E-state index in [4.69, 9.17) is 0 Å². The van der Waals surface area contributed by atoms with Crippen LogP contribution < -0.4 is 10.6 Å². The molecule has 2 rings (SSSR count). The summed E-state index contributed by atoms with van der Waals surface area (Å²) < 4.78 is 1.22. The van der Waals surface area contributed by atoms with Gasteiger partial charge in [-0.15, -0.1) is 11.3 Å². The zero-order valence-corrected chi connectivity index (χ0v) is 11.9. The average Bonchev–Trinajstić information content (AvgIpc) is 2.72. The summed E-state index contributed by atoms with van der Waals surface area (Å²) in [7, 11) is 0. The Morgan fingerprint density at radius 2 is 2.44 bits per heavy atom. The monoisotopic (exact) mass is 302 g/mol. The second-order valence-electron chi connectivity index (χ2n) is 4.38. The topological polar surface area (TPSA) is 24.1 Å². The van der Waals surface area contributed by atoms with Crippen LogP contribution >= 0.6 is 27.3 Å². The molecule has 90 valence electrons. The Labute approximate surface area is 110 Å². The lowest BCUT2D eigenvalue weighted by atomic mass is 9.96. The van der Waals surface area contributed by atoms with Crippen LogP contribution in [0.15, 0.2) is 15.9 Å². The van der Waals surface area contributed by atoms with Gasteiger partial charge in [0, 0.05) is 11.4 Å². The van der Waals surface area contributed by atoms with Crippen LogP contribution in [0.1, 0.15) is 24.1 Å². The molecule has 1 aliphatic rings. The van der Waals surface area contributed by atoms with E-state index >= 15 is 0 Å². The third-order valence-corrected chi connectivity index (χ3v) is 4.68. The van der Waals surface area contributed by atoms with Crippen molar-refractivity contribution in [2.24, 2.45) is 5.92 Å². The normalized spacial score (nSPS) is 21.2. The van der Waals surface area contributed by atoms with Crippen molar-refractivity contribution < 1.29 is 0 Å². The van der Waals surface area contributed by atoms with Crippen LogP contribution in [0.4, 0.5) is 0 Å². The van der Waals surface area contributed by atoms with E-state index in [1.807, 2.05) is 11.3 Å². The highest BCUT2D eigenvalue weighted by atomic mass is 79.9. The highest BCUT2D eigenvalue weighted by Gasteiger charge is 2.11. The first kappa shape index (κ1) is 12.6. The van der Waals surface area contributed by atoms with E-state index in [0.29, 0.717) is 0 Å². The number of nitrogens with one attached hydrogen (secondary N) is 2. The van der Waals surface area contributed by atoms with Gasteiger partial charge < -0.3 is 10.6 Å². The Kier molecular flexibility index (Phi) is 5.29. The first-order valence-electron chi connectivity index (χ1n) is 6.00. The second-order valence-corrected chi connectivity index (χ2v) is 6.93. The Hall–Kier alpha value is 0.1000. The molecule has 0 aliphatic carbocycles. The fourth-order valence-corrected chi connectivity index (χ4v) is 3.59. The Bertz CT molecular complexity index is 308. The van der Waals surface area contributed by atoms with E-state index in [-0.39, 0.29) is 0 Å². The smallest absolute Gasteiger partial charge is 0.0701 e. The predicted octanol–water partition coefficient (Wildman–Crippen LogP) is 2.99. The molecule has 0 radical (unpaired) electrons. The third kappa shape index (κ3) is 4.17. The molecule has 0 amide bonds. The van der Waals surface area contributed by atoms with Crippen molar-refractivity contribution in [1.82, 2.24) is 10.6 Å². The van der Waals surface area contributed by atoms with E-state index in [0.717, 1.165) is 19.0 Å². The summed E-state index contributed by atoms with van der Waals surface area (Å²) in [4.78, 5) is 1.41. The zero-order chi connectivity index (χ0) is 11.2. The molecule has 1 fully saturated rings. The summed E-state index contributed by atoms with van der Waals surface area (Å²) in [5, 5.41) is 6.99. The number of hydrogen-bond donors (Lipinski definition) is 2. The van der Waals surface area contributed by atoms with Gasteiger partial charge >= 0.3 is 0 Å². The first-order valence-corrected chi connectivity index (χ1v) is 7.61. The molecule has 2 heterocycles. The SMILES string of the molecule is Brc1ccc(CNCCC2CCCNC2)s1. The minimum absolute atomic E-state index is 0.885. The number of halogens is 1. The molecule has 1 unspecified atom stereocenters. The van der Waals surface area contributed by atoms with Crippen molar-refractivity contribution >= 4 is 27.3 Å². The van der Waals surface area contributed by atoms with Crippen LogP contribution in [-0.2, 0) is 6.54 Å². The molecule has 1 aromatic heterocycles. The number of rotatable bonds is 5. The van der Waals surface area contributed by atoms with Crippen molar-refractivity contribution in [1.29, 1.82) is 0 Å². The quantitative estimate of drug-likeness (QED) is 0.817. The first-order chi connectivity index (χ1) is 7.84. The van der Waals surface area contributed by atoms with Crippen molar-refractivity contribution in [2.75, 3.05) is 19.6 Å². The largest absolute Gasteiger partial charge is 0.316 e. The van der Waals surface area contributed by atoms with Crippen molar-refractivity contribution in [2.45, 2.75) is 25.8 Å². The lowest BCUT2D eigenvalue weighted by Crippen LogP contribution is -2.31. The third-order valence-electron chi connectivity index (χ3n) is 3.06. The molecular weight excluding hydrogens is 284 g/mol. The van der Waals surface area contributed by atoms with E-state index in [2.05, 4.69) is 38.7 Å². The zero-order valence-electron chi connectivity index (χ0n) is 9.47. The summed E-state index contributed by atoms with van der Waals surface area (Å²) in [5.74, 6) is 0.885. The van der Waals surface area contributed by atoms with Crippen LogP contribution in [0, 0.1) is 5.92 Å². The summed E-state index contributed by atoms with van der Waals surface area (Å²) >= 11 is 5.30. The maximum absolute atomic E-state index is 3.52. The van der Waals surface area contributed by atoms with Crippen LogP contribution in [0.3, 0.4) is 0 Å². The summed E-state index contributed by atoms with van der Waals surface area (Å²) in [6.45, 7) is 4.58. The van der Waals surface area contributed by atoms with Gasteiger partial charge in [0.15, 0.2) is 0 Å². The van der Waals surface area contributed by atoms with Crippen molar-refractivity contribution in [3.63, 3.8) is 0 Å². The number of piperidine rings is 1. The molecule has 2 nitrogen and oxygen atoms in total. The minimum atomic E-state index is 0.885. The maximum Gasteiger partial charge on any atom is 0.0701 e. The van der Waals surface area contributed by atoms with Crippen molar-refractivity contribution in [3.05, 3.63) is 20.8 Å². The second kappa shape index (κ2) is 6.74. The molecule has 2 N–H and O–H groups in total. The molecule has 0 bridgehead atoms. The van der Waals surface area contributed by atoms with Crippen LogP contribution in [-0.4, -0.2) is 19.6 Å². The Morgan fingerprint density at radius 3 is 3.12 bits per heavy atom. The van der Waals surface area contributed by atoms with Gasteiger partial charge in [-0.2, -0.15) is 0 Å². The van der Waals surface area contributed by atoms with Crippen LogP contribution in [0.2, 0.25) is 0 Å². The van der Waals surface area contributed by atoms with E-state index in [1.54, 1.807) is 0 Å². The maximum atomic E-state index is 3.52. The Balaban J connectivity index is 1.57. The lowest BCUT2D eigenvalue weighted by molar-refractivity contribution is 0.352. The average molecular weight is 303 g/mol. The van der Waals surface area contributed by atoms with Gasteiger partial charge in [0.25, 0.3) is 0 Å². The highest BCUT2D eigenvalue weighted by molar-refractivity contribution is 9.11. The van der Waals surface area contributed by atoms with E-state index < -0.39 is 0 Å². The minimum Gasteiger partial charge on any atom is -0.316 e. The van der Waals surface area contributed by atoms with Crippen LogP contribution in [0.5, 0.6) is 0 Å². The van der Waals surface area contributed by atoms with E-state index in [9.17, 15) is 0 Å². The number of hydrogen-bond acceptors (Lipinski definition) is 3. The number of thiophene rings is 1. The molecule has 1 saturated heterocycles.